The predicted molar refractivity (Wildman–Crippen MR) is 73.2 cm³/mol. The number of aromatic nitrogens is 1. The fourth-order valence-electron chi connectivity index (χ4n) is 1.91. The van der Waals surface area contributed by atoms with Crippen molar-refractivity contribution in [3.63, 3.8) is 0 Å². The molecule has 2 amide bonds. The van der Waals surface area contributed by atoms with Gasteiger partial charge in [0.15, 0.2) is 0 Å². The number of anilines is 1. The van der Waals surface area contributed by atoms with Gasteiger partial charge in [-0.25, -0.2) is 4.98 Å². The number of pyridine rings is 1. The van der Waals surface area contributed by atoms with Crippen LogP contribution in [-0.4, -0.2) is 50.1 Å². The number of rotatable bonds is 6. The van der Waals surface area contributed by atoms with Crippen molar-refractivity contribution >= 4 is 17.6 Å². The van der Waals surface area contributed by atoms with Gasteiger partial charge in [-0.2, -0.15) is 0 Å². The van der Waals surface area contributed by atoms with E-state index in [2.05, 4.69) is 15.6 Å². The summed E-state index contributed by atoms with van der Waals surface area (Å²) in [6.07, 6.45) is 1.74. The fraction of sp³-hybridized carbons (Fsp3) is 0.462. The Morgan fingerprint density at radius 3 is 2.70 bits per heavy atom. The fourth-order valence-corrected chi connectivity index (χ4v) is 1.91. The van der Waals surface area contributed by atoms with Gasteiger partial charge < -0.3 is 15.0 Å². The average Bonchev–Trinajstić information content (AvgIpc) is 2.43. The number of imide groups is 1. The quantitative estimate of drug-likeness (QED) is 0.528. The lowest BCUT2D eigenvalue weighted by Crippen LogP contribution is -2.51. The second-order valence-electron chi connectivity index (χ2n) is 4.52. The molecule has 0 spiro atoms. The van der Waals surface area contributed by atoms with E-state index in [9.17, 15) is 9.59 Å². The minimum Gasteiger partial charge on any atom is -0.383 e. The van der Waals surface area contributed by atoms with E-state index >= 15 is 0 Å². The molecule has 0 saturated carbocycles. The number of carbonyl (C=O) groups excluding carboxylic acids is 2. The Morgan fingerprint density at radius 2 is 2.10 bits per heavy atom. The Bertz CT molecular complexity index is 459. The number of nitrogens with one attached hydrogen (secondary N) is 2. The number of methoxy groups -OCH3 is 1. The zero-order chi connectivity index (χ0) is 14.4. The number of piperazine rings is 1. The monoisotopic (exact) mass is 278 g/mol. The zero-order valence-corrected chi connectivity index (χ0v) is 11.4. The lowest BCUT2D eigenvalue weighted by molar-refractivity contribution is -0.130. The van der Waals surface area contributed by atoms with Crippen LogP contribution in [-0.2, 0) is 20.9 Å². The normalized spacial score (nSPS) is 15.3. The maximum absolute atomic E-state index is 11.3. The molecule has 1 aliphatic heterocycles. The van der Waals surface area contributed by atoms with Crippen LogP contribution in [0.25, 0.3) is 0 Å². The SMILES string of the molecule is COCCNCc1ccc(N2CC(=O)NC(=O)C2)nc1. The lowest BCUT2D eigenvalue weighted by atomic mass is 10.2. The van der Waals surface area contributed by atoms with Gasteiger partial charge in [0, 0.05) is 26.4 Å². The van der Waals surface area contributed by atoms with Crippen molar-refractivity contribution in [2.45, 2.75) is 6.54 Å². The van der Waals surface area contributed by atoms with Crippen LogP contribution in [0, 0.1) is 0 Å². The molecule has 2 rings (SSSR count). The second-order valence-corrected chi connectivity index (χ2v) is 4.52. The standard InChI is InChI=1S/C13H18N4O3/c1-20-5-4-14-6-10-2-3-11(15-7-10)17-8-12(18)16-13(19)9-17/h2-3,7,14H,4-6,8-9H2,1H3,(H,16,18,19). The van der Waals surface area contributed by atoms with Gasteiger partial charge in [0.05, 0.1) is 19.7 Å². The Kier molecular flexibility index (Phi) is 5.03. The van der Waals surface area contributed by atoms with Gasteiger partial charge in [-0.3, -0.25) is 14.9 Å². The first-order chi connectivity index (χ1) is 9.69. The predicted octanol–water partition coefficient (Wildman–Crippen LogP) is -0.720. The van der Waals surface area contributed by atoms with Crippen molar-refractivity contribution in [3.8, 4) is 0 Å². The second kappa shape index (κ2) is 6.97. The molecule has 0 aliphatic carbocycles. The van der Waals surface area contributed by atoms with E-state index in [4.69, 9.17) is 4.74 Å². The summed E-state index contributed by atoms with van der Waals surface area (Å²) in [5.41, 5.74) is 1.04. The summed E-state index contributed by atoms with van der Waals surface area (Å²) in [5.74, 6) is 0.0376. The molecule has 7 heteroatoms. The Labute approximate surface area is 117 Å². The minimum atomic E-state index is -0.298. The van der Waals surface area contributed by atoms with Crippen LogP contribution in [0.5, 0.6) is 0 Å². The average molecular weight is 278 g/mol. The van der Waals surface area contributed by atoms with Crippen LogP contribution in [0.4, 0.5) is 5.82 Å². The van der Waals surface area contributed by atoms with Gasteiger partial charge in [-0.15, -0.1) is 0 Å². The van der Waals surface area contributed by atoms with Crippen LogP contribution >= 0.6 is 0 Å². The van der Waals surface area contributed by atoms with Gasteiger partial charge in [0.25, 0.3) is 0 Å². The van der Waals surface area contributed by atoms with E-state index < -0.39 is 0 Å². The highest BCUT2D eigenvalue weighted by molar-refractivity contribution is 6.02. The lowest BCUT2D eigenvalue weighted by Gasteiger charge is -2.26. The number of carbonyl (C=O) groups is 2. The molecule has 2 N–H and O–H groups in total. The number of hydrogen-bond donors (Lipinski definition) is 2. The maximum Gasteiger partial charge on any atom is 0.246 e. The molecule has 0 atom stereocenters. The van der Waals surface area contributed by atoms with Crippen LogP contribution < -0.4 is 15.5 Å². The molecule has 0 bridgehead atoms. The third kappa shape index (κ3) is 4.01. The maximum atomic E-state index is 11.3. The number of ether oxygens (including phenoxy) is 1. The van der Waals surface area contributed by atoms with Gasteiger partial charge in [-0.1, -0.05) is 6.07 Å². The highest BCUT2D eigenvalue weighted by Gasteiger charge is 2.23. The topological polar surface area (TPSA) is 83.6 Å². The molecular formula is C13H18N4O3. The molecule has 0 unspecified atom stereocenters. The van der Waals surface area contributed by atoms with E-state index in [0.29, 0.717) is 19.0 Å². The smallest absolute Gasteiger partial charge is 0.246 e. The van der Waals surface area contributed by atoms with Crippen molar-refractivity contribution in [1.82, 2.24) is 15.6 Å². The molecule has 2 heterocycles. The highest BCUT2D eigenvalue weighted by Crippen LogP contribution is 2.12. The van der Waals surface area contributed by atoms with Crippen LogP contribution in [0.15, 0.2) is 18.3 Å². The third-order valence-corrected chi connectivity index (χ3v) is 2.89. The molecule has 0 radical (unpaired) electrons. The zero-order valence-electron chi connectivity index (χ0n) is 11.4. The molecule has 7 nitrogen and oxygen atoms in total. The molecule has 20 heavy (non-hydrogen) atoms. The summed E-state index contributed by atoms with van der Waals surface area (Å²) >= 11 is 0. The van der Waals surface area contributed by atoms with E-state index in [1.54, 1.807) is 18.2 Å². The largest absolute Gasteiger partial charge is 0.383 e. The number of hydrogen-bond acceptors (Lipinski definition) is 6. The molecule has 1 aliphatic rings. The van der Waals surface area contributed by atoms with Crippen molar-refractivity contribution in [2.24, 2.45) is 0 Å². The summed E-state index contributed by atoms with van der Waals surface area (Å²) in [7, 11) is 1.66. The molecule has 1 fully saturated rings. The van der Waals surface area contributed by atoms with E-state index in [0.717, 1.165) is 12.1 Å². The summed E-state index contributed by atoms with van der Waals surface area (Å²) in [6, 6.07) is 3.75. The van der Waals surface area contributed by atoms with Gasteiger partial charge in [0.2, 0.25) is 11.8 Å². The van der Waals surface area contributed by atoms with Crippen molar-refractivity contribution in [1.29, 1.82) is 0 Å². The molecular weight excluding hydrogens is 260 g/mol. The summed E-state index contributed by atoms with van der Waals surface area (Å²) in [4.78, 5) is 28.6. The molecule has 1 aromatic heterocycles. The van der Waals surface area contributed by atoms with E-state index in [-0.39, 0.29) is 24.9 Å². The van der Waals surface area contributed by atoms with Crippen molar-refractivity contribution in [2.75, 3.05) is 38.3 Å². The van der Waals surface area contributed by atoms with E-state index in [1.807, 2.05) is 12.1 Å². The molecule has 0 aromatic carbocycles. The Balaban J connectivity index is 1.90. The van der Waals surface area contributed by atoms with E-state index in [1.165, 1.54) is 0 Å². The van der Waals surface area contributed by atoms with Crippen LogP contribution in [0.2, 0.25) is 0 Å². The van der Waals surface area contributed by atoms with Gasteiger partial charge >= 0.3 is 0 Å². The summed E-state index contributed by atoms with van der Waals surface area (Å²) in [5, 5.41) is 5.48. The first-order valence-electron chi connectivity index (χ1n) is 6.41. The van der Waals surface area contributed by atoms with Gasteiger partial charge in [-0.05, 0) is 11.6 Å². The molecule has 1 saturated heterocycles. The Morgan fingerprint density at radius 1 is 1.35 bits per heavy atom. The first-order valence-corrected chi connectivity index (χ1v) is 6.41. The van der Waals surface area contributed by atoms with Crippen LogP contribution in [0.1, 0.15) is 5.56 Å². The molecule has 1 aromatic rings. The Hall–Kier alpha value is -1.99. The molecule has 108 valence electrons. The van der Waals surface area contributed by atoms with Gasteiger partial charge in [0.1, 0.15) is 5.82 Å². The number of nitrogens with zero attached hydrogens (tertiary/aromatic N) is 2. The van der Waals surface area contributed by atoms with Crippen molar-refractivity contribution in [3.05, 3.63) is 23.9 Å². The third-order valence-electron chi connectivity index (χ3n) is 2.89. The first kappa shape index (κ1) is 14.4. The summed E-state index contributed by atoms with van der Waals surface area (Å²) in [6.45, 7) is 2.46. The van der Waals surface area contributed by atoms with Crippen LogP contribution in [0.3, 0.4) is 0 Å². The minimum absolute atomic E-state index is 0.157. The number of amides is 2. The van der Waals surface area contributed by atoms with Crippen molar-refractivity contribution < 1.29 is 14.3 Å². The highest BCUT2D eigenvalue weighted by atomic mass is 16.5. The summed E-state index contributed by atoms with van der Waals surface area (Å²) < 4.78 is 4.94.